The highest BCUT2D eigenvalue weighted by molar-refractivity contribution is 5.73. The Labute approximate surface area is 91.6 Å². The summed E-state index contributed by atoms with van der Waals surface area (Å²) in [7, 11) is 0. The SMILES string of the molecule is CCOC(=O)[C@@H]1CCCC[C@@H]1NC1CC1. The Kier molecular flexibility index (Phi) is 3.62. The Hall–Kier alpha value is -0.570. The number of carbonyl (C=O) groups excluding carboxylic acids is 1. The molecule has 0 spiro atoms. The molecule has 3 nitrogen and oxygen atoms in total. The molecule has 0 amide bonds. The van der Waals surface area contributed by atoms with Crippen LogP contribution in [0.3, 0.4) is 0 Å². The molecule has 0 aromatic heterocycles. The lowest BCUT2D eigenvalue weighted by Crippen LogP contribution is -2.43. The predicted molar refractivity (Wildman–Crippen MR) is 58.5 cm³/mol. The Morgan fingerprint density at radius 1 is 1.27 bits per heavy atom. The van der Waals surface area contributed by atoms with Crippen molar-refractivity contribution in [3.05, 3.63) is 0 Å². The van der Waals surface area contributed by atoms with Crippen molar-refractivity contribution in [3.8, 4) is 0 Å². The van der Waals surface area contributed by atoms with Gasteiger partial charge >= 0.3 is 5.97 Å². The minimum atomic E-state index is 0.00958. The first kappa shape index (κ1) is 10.9. The normalized spacial score (nSPS) is 31.3. The van der Waals surface area contributed by atoms with E-state index in [1.54, 1.807) is 0 Å². The number of nitrogens with one attached hydrogen (secondary N) is 1. The third-order valence-corrected chi connectivity index (χ3v) is 3.38. The summed E-state index contributed by atoms with van der Waals surface area (Å²) in [5.41, 5.74) is 0. The zero-order valence-electron chi connectivity index (χ0n) is 9.50. The smallest absolute Gasteiger partial charge is 0.310 e. The summed E-state index contributed by atoms with van der Waals surface area (Å²) >= 11 is 0. The molecule has 2 aliphatic carbocycles. The fourth-order valence-electron chi connectivity index (χ4n) is 2.41. The van der Waals surface area contributed by atoms with Crippen molar-refractivity contribution in [2.24, 2.45) is 5.92 Å². The molecule has 2 saturated carbocycles. The van der Waals surface area contributed by atoms with Crippen LogP contribution >= 0.6 is 0 Å². The van der Waals surface area contributed by atoms with Gasteiger partial charge in [-0.25, -0.2) is 0 Å². The molecule has 0 heterocycles. The molecule has 0 saturated heterocycles. The molecule has 3 heteroatoms. The molecule has 15 heavy (non-hydrogen) atoms. The maximum Gasteiger partial charge on any atom is 0.310 e. The number of hydrogen-bond donors (Lipinski definition) is 1. The van der Waals surface area contributed by atoms with Gasteiger partial charge in [0, 0.05) is 12.1 Å². The van der Waals surface area contributed by atoms with E-state index in [2.05, 4.69) is 5.32 Å². The summed E-state index contributed by atoms with van der Waals surface area (Å²) in [6, 6.07) is 1.07. The van der Waals surface area contributed by atoms with Crippen LogP contribution in [0.4, 0.5) is 0 Å². The van der Waals surface area contributed by atoms with E-state index in [0.29, 0.717) is 18.7 Å². The van der Waals surface area contributed by atoms with Gasteiger partial charge in [-0.3, -0.25) is 4.79 Å². The summed E-state index contributed by atoms with van der Waals surface area (Å²) in [6.45, 7) is 2.38. The first-order valence-electron chi connectivity index (χ1n) is 6.24. The molecule has 2 atom stereocenters. The van der Waals surface area contributed by atoms with Crippen molar-refractivity contribution in [1.82, 2.24) is 5.32 Å². The second-order valence-corrected chi connectivity index (χ2v) is 4.69. The highest BCUT2D eigenvalue weighted by Gasteiger charge is 2.35. The van der Waals surface area contributed by atoms with Gasteiger partial charge in [-0.05, 0) is 32.6 Å². The molecule has 0 aliphatic heterocycles. The van der Waals surface area contributed by atoms with Crippen molar-refractivity contribution >= 4 is 5.97 Å². The maximum atomic E-state index is 11.7. The zero-order valence-corrected chi connectivity index (χ0v) is 9.50. The molecule has 0 bridgehead atoms. The van der Waals surface area contributed by atoms with Crippen LogP contribution in [-0.4, -0.2) is 24.7 Å². The molecule has 0 radical (unpaired) electrons. The Bertz CT molecular complexity index is 226. The quantitative estimate of drug-likeness (QED) is 0.721. The largest absolute Gasteiger partial charge is 0.466 e. The van der Waals surface area contributed by atoms with Crippen LogP contribution in [0.2, 0.25) is 0 Å². The fraction of sp³-hybridized carbons (Fsp3) is 0.917. The van der Waals surface area contributed by atoms with Crippen LogP contribution in [0.1, 0.15) is 45.4 Å². The molecule has 0 unspecified atom stereocenters. The standard InChI is InChI=1S/C12H21NO2/c1-2-15-12(14)10-5-3-4-6-11(10)13-9-7-8-9/h9-11,13H,2-8H2,1H3/t10-,11+/m1/s1. The summed E-state index contributed by atoms with van der Waals surface area (Å²) < 4.78 is 5.13. The monoisotopic (exact) mass is 211 g/mol. The number of hydrogen-bond acceptors (Lipinski definition) is 3. The van der Waals surface area contributed by atoms with E-state index in [9.17, 15) is 4.79 Å². The molecule has 86 valence electrons. The van der Waals surface area contributed by atoms with Gasteiger partial charge in [0.05, 0.1) is 12.5 Å². The fourth-order valence-corrected chi connectivity index (χ4v) is 2.41. The minimum absolute atomic E-state index is 0.00958. The highest BCUT2D eigenvalue weighted by Crippen LogP contribution is 2.29. The van der Waals surface area contributed by atoms with E-state index in [1.165, 1.54) is 25.7 Å². The lowest BCUT2D eigenvalue weighted by molar-refractivity contribution is -0.150. The van der Waals surface area contributed by atoms with Gasteiger partial charge < -0.3 is 10.1 Å². The average molecular weight is 211 g/mol. The molecule has 2 rings (SSSR count). The number of rotatable bonds is 4. The molecular formula is C12H21NO2. The maximum absolute atomic E-state index is 11.7. The van der Waals surface area contributed by atoms with E-state index < -0.39 is 0 Å². The molecule has 1 N–H and O–H groups in total. The number of esters is 1. The Balaban J connectivity index is 1.88. The second kappa shape index (κ2) is 4.97. The van der Waals surface area contributed by atoms with Gasteiger partial charge in [-0.1, -0.05) is 12.8 Å². The first-order chi connectivity index (χ1) is 7.31. The Morgan fingerprint density at radius 3 is 2.67 bits per heavy atom. The molecule has 2 fully saturated rings. The van der Waals surface area contributed by atoms with Gasteiger partial charge in [0.25, 0.3) is 0 Å². The van der Waals surface area contributed by atoms with Gasteiger partial charge in [0.2, 0.25) is 0 Å². The van der Waals surface area contributed by atoms with Crippen LogP contribution in [0.25, 0.3) is 0 Å². The highest BCUT2D eigenvalue weighted by atomic mass is 16.5. The van der Waals surface area contributed by atoms with E-state index in [4.69, 9.17) is 4.74 Å². The van der Waals surface area contributed by atoms with E-state index in [0.717, 1.165) is 12.8 Å². The van der Waals surface area contributed by atoms with E-state index >= 15 is 0 Å². The molecule has 0 aromatic rings. The van der Waals surface area contributed by atoms with Crippen molar-refractivity contribution in [2.45, 2.75) is 57.5 Å². The third kappa shape index (κ3) is 2.94. The molecule has 2 aliphatic rings. The van der Waals surface area contributed by atoms with Crippen LogP contribution < -0.4 is 5.32 Å². The topological polar surface area (TPSA) is 38.3 Å². The second-order valence-electron chi connectivity index (χ2n) is 4.69. The first-order valence-corrected chi connectivity index (χ1v) is 6.24. The number of carbonyl (C=O) groups is 1. The van der Waals surface area contributed by atoms with Crippen molar-refractivity contribution < 1.29 is 9.53 Å². The molecule has 0 aromatic carbocycles. The van der Waals surface area contributed by atoms with Crippen LogP contribution in [0, 0.1) is 5.92 Å². The van der Waals surface area contributed by atoms with Gasteiger partial charge in [0.15, 0.2) is 0 Å². The van der Waals surface area contributed by atoms with Gasteiger partial charge in [-0.2, -0.15) is 0 Å². The summed E-state index contributed by atoms with van der Waals surface area (Å²) in [5.74, 6) is 0.120. The minimum Gasteiger partial charge on any atom is -0.466 e. The predicted octanol–water partition coefficient (Wildman–Crippen LogP) is 1.86. The van der Waals surface area contributed by atoms with E-state index in [1.807, 2.05) is 6.92 Å². The molecular weight excluding hydrogens is 190 g/mol. The lowest BCUT2D eigenvalue weighted by atomic mass is 9.84. The van der Waals surface area contributed by atoms with Gasteiger partial charge in [0.1, 0.15) is 0 Å². The van der Waals surface area contributed by atoms with Crippen molar-refractivity contribution in [3.63, 3.8) is 0 Å². The zero-order chi connectivity index (χ0) is 10.7. The Morgan fingerprint density at radius 2 is 2.00 bits per heavy atom. The van der Waals surface area contributed by atoms with Gasteiger partial charge in [-0.15, -0.1) is 0 Å². The summed E-state index contributed by atoms with van der Waals surface area (Å²) in [5, 5.41) is 3.58. The van der Waals surface area contributed by atoms with Crippen LogP contribution in [0.5, 0.6) is 0 Å². The van der Waals surface area contributed by atoms with E-state index in [-0.39, 0.29) is 11.9 Å². The van der Waals surface area contributed by atoms with Crippen LogP contribution in [0.15, 0.2) is 0 Å². The summed E-state index contributed by atoms with van der Waals surface area (Å²) in [6.07, 6.45) is 7.13. The summed E-state index contributed by atoms with van der Waals surface area (Å²) in [4.78, 5) is 11.7. The van der Waals surface area contributed by atoms with Crippen molar-refractivity contribution in [2.75, 3.05) is 6.61 Å². The third-order valence-electron chi connectivity index (χ3n) is 3.38. The average Bonchev–Trinajstić information content (AvgIpc) is 3.03. The van der Waals surface area contributed by atoms with Crippen molar-refractivity contribution in [1.29, 1.82) is 0 Å². The van der Waals surface area contributed by atoms with Crippen LogP contribution in [-0.2, 0) is 9.53 Å². The lowest BCUT2D eigenvalue weighted by Gasteiger charge is -2.30. The number of ether oxygens (including phenoxy) is 1.